The minimum absolute atomic E-state index is 0.348. The highest BCUT2D eigenvalue weighted by molar-refractivity contribution is 7.99. The van der Waals surface area contributed by atoms with Crippen LogP contribution in [0.15, 0.2) is 60.7 Å². The van der Waals surface area contributed by atoms with E-state index in [4.69, 9.17) is 0 Å². The number of rotatable bonds is 8. The van der Waals surface area contributed by atoms with Crippen molar-refractivity contribution < 1.29 is 14.7 Å². The van der Waals surface area contributed by atoms with Crippen molar-refractivity contribution in [2.75, 3.05) is 11.5 Å². The fourth-order valence-corrected chi connectivity index (χ4v) is 3.05. The molecule has 4 nitrogen and oxygen atoms in total. The van der Waals surface area contributed by atoms with E-state index in [1.54, 1.807) is 24.3 Å². The van der Waals surface area contributed by atoms with Crippen LogP contribution in [-0.4, -0.2) is 34.5 Å². The number of hydrogen-bond donors (Lipinski definition) is 2. The second-order valence-electron chi connectivity index (χ2n) is 5.04. The summed E-state index contributed by atoms with van der Waals surface area (Å²) in [6.07, 6.45) is 0.879. The first-order valence-electron chi connectivity index (χ1n) is 7.37. The molecule has 2 N–H and O–H groups in total. The maximum atomic E-state index is 12.0. The Morgan fingerprint density at radius 1 is 1.00 bits per heavy atom. The summed E-state index contributed by atoms with van der Waals surface area (Å²) in [5.74, 6) is -0.210. The van der Waals surface area contributed by atoms with Gasteiger partial charge in [-0.3, -0.25) is 4.79 Å². The van der Waals surface area contributed by atoms with Gasteiger partial charge in [0.1, 0.15) is 6.04 Å². The molecule has 23 heavy (non-hydrogen) atoms. The van der Waals surface area contributed by atoms with Gasteiger partial charge in [-0.2, -0.15) is 11.8 Å². The summed E-state index contributed by atoms with van der Waals surface area (Å²) in [6.45, 7) is 0. The first-order valence-corrected chi connectivity index (χ1v) is 8.52. The third-order valence-corrected chi connectivity index (χ3v) is 4.36. The molecule has 1 amide bonds. The Morgan fingerprint density at radius 3 is 2.22 bits per heavy atom. The van der Waals surface area contributed by atoms with E-state index in [2.05, 4.69) is 5.32 Å². The van der Waals surface area contributed by atoms with Crippen LogP contribution in [-0.2, 0) is 11.2 Å². The first-order chi connectivity index (χ1) is 11.2. The number of aryl methyl sites for hydroxylation is 1. The quantitative estimate of drug-likeness (QED) is 0.731. The Hall–Kier alpha value is -2.27. The van der Waals surface area contributed by atoms with Gasteiger partial charge in [-0.1, -0.05) is 48.5 Å². The Balaban J connectivity index is 1.80. The van der Waals surface area contributed by atoms with Crippen LogP contribution in [0.4, 0.5) is 0 Å². The fraction of sp³-hybridized carbons (Fsp3) is 0.222. The zero-order valence-electron chi connectivity index (χ0n) is 12.6. The number of benzene rings is 2. The van der Waals surface area contributed by atoms with Crippen LogP contribution in [0, 0.1) is 0 Å². The van der Waals surface area contributed by atoms with Gasteiger partial charge in [0.15, 0.2) is 0 Å². The Kier molecular flexibility index (Phi) is 6.69. The van der Waals surface area contributed by atoms with Crippen LogP contribution in [0.25, 0.3) is 0 Å². The van der Waals surface area contributed by atoms with Gasteiger partial charge in [0.2, 0.25) is 0 Å². The predicted octanol–water partition coefficient (Wildman–Crippen LogP) is 2.85. The predicted molar refractivity (Wildman–Crippen MR) is 92.8 cm³/mol. The monoisotopic (exact) mass is 329 g/mol. The molecule has 120 valence electrons. The number of thioether (sulfide) groups is 1. The highest BCUT2D eigenvalue weighted by atomic mass is 32.2. The highest BCUT2D eigenvalue weighted by Crippen LogP contribution is 2.09. The van der Waals surface area contributed by atoms with Crippen molar-refractivity contribution in [1.82, 2.24) is 5.32 Å². The summed E-state index contributed by atoms with van der Waals surface area (Å²) in [7, 11) is 0. The van der Waals surface area contributed by atoms with Gasteiger partial charge < -0.3 is 10.4 Å². The number of carbonyl (C=O) groups excluding carboxylic acids is 1. The van der Waals surface area contributed by atoms with Crippen molar-refractivity contribution in [1.29, 1.82) is 0 Å². The third-order valence-electron chi connectivity index (χ3n) is 3.30. The number of hydrogen-bond acceptors (Lipinski definition) is 3. The molecule has 0 saturated heterocycles. The fourth-order valence-electron chi connectivity index (χ4n) is 2.04. The van der Waals surface area contributed by atoms with Crippen molar-refractivity contribution in [2.45, 2.75) is 12.5 Å². The number of carbonyl (C=O) groups is 2. The van der Waals surface area contributed by atoms with Crippen molar-refractivity contribution in [3.05, 3.63) is 71.8 Å². The van der Waals surface area contributed by atoms with E-state index < -0.39 is 12.0 Å². The molecule has 0 aromatic heterocycles. The van der Waals surface area contributed by atoms with Gasteiger partial charge in [-0.15, -0.1) is 0 Å². The zero-order chi connectivity index (χ0) is 16.5. The summed E-state index contributed by atoms with van der Waals surface area (Å²) in [5.41, 5.74) is 1.69. The zero-order valence-corrected chi connectivity index (χ0v) is 13.5. The lowest BCUT2D eigenvalue weighted by Gasteiger charge is -2.14. The summed E-state index contributed by atoms with van der Waals surface area (Å²) in [4.78, 5) is 23.3. The molecule has 0 aliphatic heterocycles. The van der Waals surface area contributed by atoms with Crippen LogP contribution in [0.2, 0.25) is 0 Å². The number of carboxylic acids is 1. The van der Waals surface area contributed by atoms with Crippen molar-refractivity contribution >= 4 is 23.6 Å². The molecule has 2 aromatic rings. The Bertz CT molecular complexity index is 631. The maximum Gasteiger partial charge on any atom is 0.327 e. The van der Waals surface area contributed by atoms with Gasteiger partial charge >= 0.3 is 5.97 Å². The largest absolute Gasteiger partial charge is 0.480 e. The number of amides is 1. The molecular formula is C18H19NO3S. The standard InChI is InChI=1S/C18H19NO3S/c20-17(15-9-5-2-6-10-15)19-16(18(21)22)13-23-12-11-14-7-3-1-4-8-14/h1-10,16H,11-13H2,(H,19,20)(H,21,22)/t16-/m0/s1. The lowest BCUT2D eigenvalue weighted by Crippen LogP contribution is -2.42. The topological polar surface area (TPSA) is 66.4 Å². The second kappa shape index (κ2) is 9.00. The van der Waals surface area contributed by atoms with E-state index in [-0.39, 0.29) is 5.91 Å². The minimum atomic E-state index is -1.01. The molecule has 0 aliphatic rings. The van der Waals surface area contributed by atoms with Crippen LogP contribution in [0.1, 0.15) is 15.9 Å². The van der Waals surface area contributed by atoms with Crippen molar-refractivity contribution in [2.24, 2.45) is 0 Å². The molecule has 0 aliphatic carbocycles. The Labute approximate surface area is 139 Å². The molecular weight excluding hydrogens is 310 g/mol. The van der Waals surface area contributed by atoms with Crippen LogP contribution in [0.5, 0.6) is 0 Å². The molecule has 0 radical (unpaired) electrons. The summed E-state index contributed by atoms with van der Waals surface area (Å²) >= 11 is 1.53. The van der Waals surface area contributed by atoms with E-state index in [1.807, 2.05) is 36.4 Å². The molecule has 0 spiro atoms. The van der Waals surface area contributed by atoms with E-state index in [0.717, 1.165) is 12.2 Å². The minimum Gasteiger partial charge on any atom is -0.480 e. The molecule has 2 aromatic carbocycles. The normalized spacial score (nSPS) is 11.7. The van der Waals surface area contributed by atoms with Gasteiger partial charge in [-0.25, -0.2) is 4.79 Å². The number of carboxylic acid groups (broad SMARTS) is 1. The maximum absolute atomic E-state index is 12.0. The summed E-state index contributed by atoms with van der Waals surface area (Å²) < 4.78 is 0. The van der Waals surface area contributed by atoms with Crippen LogP contribution < -0.4 is 5.32 Å². The van der Waals surface area contributed by atoms with Gasteiger partial charge in [0.05, 0.1) is 0 Å². The highest BCUT2D eigenvalue weighted by Gasteiger charge is 2.20. The molecule has 0 heterocycles. The second-order valence-corrected chi connectivity index (χ2v) is 6.19. The van der Waals surface area contributed by atoms with E-state index >= 15 is 0 Å². The van der Waals surface area contributed by atoms with Crippen molar-refractivity contribution in [3.63, 3.8) is 0 Å². The molecule has 2 rings (SSSR count). The summed E-state index contributed by atoms with van der Waals surface area (Å²) in [5, 5.41) is 11.8. The molecule has 0 saturated carbocycles. The average molecular weight is 329 g/mol. The van der Waals surface area contributed by atoms with Gasteiger partial charge in [-0.05, 0) is 29.9 Å². The first kappa shape index (κ1) is 17.1. The molecule has 0 unspecified atom stereocenters. The Morgan fingerprint density at radius 2 is 1.61 bits per heavy atom. The van der Waals surface area contributed by atoms with Gasteiger partial charge in [0, 0.05) is 11.3 Å². The number of aliphatic carboxylic acids is 1. The summed E-state index contributed by atoms with van der Waals surface area (Å²) in [6, 6.07) is 17.8. The molecule has 0 bridgehead atoms. The molecule has 1 atom stereocenters. The number of nitrogens with one attached hydrogen (secondary N) is 1. The van der Waals surface area contributed by atoms with E-state index in [0.29, 0.717) is 11.3 Å². The van der Waals surface area contributed by atoms with Gasteiger partial charge in [0.25, 0.3) is 5.91 Å². The van der Waals surface area contributed by atoms with E-state index in [9.17, 15) is 14.7 Å². The lowest BCUT2D eigenvalue weighted by molar-refractivity contribution is -0.138. The van der Waals surface area contributed by atoms with Crippen LogP contribution in [0.3, 0.4) is 0 Å². The smallest absolute Gasteiger partial charge is 0.327 e. The third kappa shape index (κ3) is 5.79. The van der Waals surface area contributed by atoms with Crippen molar-refractivity contribution in [3.8, 4) is 0 Å². The molecule has 5 heteroatoms. The van der Waals surface area contributed by atoms with Crippen LogP contribution >= 0.6 is 11.8 Å². The molecule has 0 fully saturated rings. The SMILES string of the molecule is O=C(N[C@@H](CSCCc1ccccc1)C(=O)O)c1ccccc1. The lowest BCUT2D eigenvalue weighted by atomic mass is 10.2. The van der Waals surface area contributed by atoms with E-state index in [1.165, 1.54) is 17.3 Å². The average Bonchev–Trinajstić information content (AvgIpc) is 2.59.